The fraction of sp³-hybridized carbons (Fsp3) is 0.444. The van der Waals surface area contributed by atoms with Crippen LogP contribution in [0.2, 0.25) is 0 Å². The van der Waals surface area contributed by atoms with Crippen molar-refractivity contribution in [2.24, 2.45) is 0 Å². The molecule has 146 valence electrons. The Hall–Kier alpha value is -2.39. The Morgan fingerprint density at radius 1 is 1.37 bits per heavy atom. The SMILES string of the molecule is CCOc1ccccc1NC(=O)C1CCCN1S(=O)(=O)c1c(C)noc1C. The van der Waals surface area contributed by atoms with Crippen LogP contribution >= 0.6 is 0 Å². The monoisotopic (exact) mass is 393 g/mol. The predicted octanol–water partition coefficient (Wildman–Crippen LogP) is 2.48. The molecule has 1 aliphatic rings. The van der Waals surface area contributed by atoms with Gasteiger partial charge in [0, 0.05) is 6.54 Å². The van der Waals surface area contributed by atoms with E-state index in [9.17, 15) is 13.2 Å². The minimum atomic E-state index is -3.88. The van der Waals surface area contributed by atoms with E-state index in [1.165, 1.54) is 4.31 Å². The number of hydrogen-bond acceptors (Lipinski definition) is 6. The Bertz CT molecular complexity index is 919. The summed E-state index contributed by atoms with van der Waals surface area (Å²) in [6, 6.07) is 6.28. The lowest BCUT2D eigenvalue weighted by atomic mass is 10.2. The second-order valence-corrected chi connectivity index (χ2v) is 8.17. The Kier molecular flexibility index (Phi) is 5.52. The number of rotatable bonds is 6. The number of hydrogen-bond donors (Lipinski definition) is 1. The van der Waals surface area contributed by atoms with Crippen LogP contribution in [0.3, 0.4) is 0 Å². The first-order chi connectivity index (χ1) is 12.9. The number of carbonyl (C=O) groups excluding carboxylic acids is 1. The molecule has 3 rings (SSSR count). The van der Waals surface area contributed by atoms with Gasteiger partial charge in [-0.15, -0.1) is 0 Å². The number of nitrogens with zero attached hydrogens (tertiary/aromatic N) is 2. The summed E-state index contributed by atoms with van der Waals surface area (Å²) in [6.07, 6.45) is 1.05. The average molecular weight is 393 g/mol. The van der Waals surface area contributed by atoms with Gasteiger partial charge in [-0.05, 0) is 45.7 Å². The number of sulfonamides is 1. The first-order valence-electron chi connectivity index (χ1n) is 8.83. The number of nitrogens with one attached hydrogen (secondary N) is 1. The van der Waals surface area contributed by atoms with Crippen molar-refractivity contribution in [1.29, 1.82) is 0 Å². The van der Waals surface area contributed by atoms with Gasteiger partial charge in [-0.3, -0.25) is 4.79 Å². The summed E-state index contributed by atoms with van der Waals surface area (Å²) < 4.78 is 37.9. The number of anilines is 1. The summed E-state index contributed by atoms with van der Waals surface area (Å²) in [4.78, 5) is 12.9. The zero-order chi connectivity index (χ0) is 19.6. The van der Waals surface area contributed by atoms with Crippen LogP contribution < -0.4 is 10.1 Å². The van der Waals surface area contributed by atoms with Crippen LogP contribution in [0.1, 0.15) is 31.2 Å². The minimum Gasteiger partial charge on any atom is -0.492 e. The molecule has 1 aromatic heterocycles. The van der Waals surface area contributed by atoms with Gasteiger partial charge < -0.3 is 14.6 Å². The third-order valence-electron chi connectivity index (χ3n) is 4.49. The Balaban J connectivity index is 1.85. The van der Waals surface area contributed by atoms with Gasteiger partial charge in [0.15, 0.2) is 5.76 Å². The summed E-state index contributed by atoms with van der Waals surface area (Å²) >= 11 is 0. The highest BCUT2D eigenvalue weighted by Gasteiger charge is 2.42. The normalized spacial score (nSPS) is 17.8. The van der Waals surface area contributed by atoms with Crippen LogP contribution in [0, 0.1) is 13.8 Å². The van der Waals surface area contributed by atoms with E-state index in [1.54, 1.807) is 32.0 Å². The quantitative estimate of drug-likeness (QED) is 0.809. The first kappa shape index (κ1) is 19.4. The maximum atomic E-state index is 13.1. The Morgan fingerprint density at radius 3 is 2.78 bits per heavy atom. The molecule has 1 unspecified atom stereocenters. The number of ether oxygens (including phenoxy) is 1. The summed E-state index contributed by atoms with van der Waals surface area (Å²) in [5.74, 6) is 0.390. The van der Waals surface area contributed by atoms with E-state index < -0.39 is 16.1 Å². The fourth-order valence-electron chi connectivity index (χ4n) is 3.32. The van der Waals surface area contributed by atoms with Gasteiger partial charge in [0.1, 0.15) is 22.4 Å². The number of aromatic nitrogens is 1. The van der Waals surface area contributed by atoms with Gasteiger partial charge in [0.25, 0.3) is 0 Å². The molecule has 8 nitrogen and oxygen atoms in total. The number of carbonyl (C=O) groups is 1. The van der Waals surface area contributed by atoms with Crippen molar-refractivity contribution in [2.75, 3.05) is 18.5 Å². The molecular formula is C18H23N3O5S. The van der Waals surface area contributed by atoms with Crippen LogP contribution in [-0.4, -0.2) is 43.0 Å². The van der Waals surface area contributed by atoms with Crippen molar-refractivity contribution in [2.45, 2.75) is 44.6 Å². The molecule has 27 heavy (non-hydrogen) atoms. The van der Waals surface area contributed by atoms with Crippen molar-refractivity contribution in [3.63, 3.8) is 0 Å². The molecule has 2 aromatic rings. The number of benzene rings is 1. The molecule has 0 aliphatic carbocycles. The van der Waals surface area contributed by atoms with Crippen molar-refractivity contribution in [1.82, 2.24) is 9.46 Å². The highest BCUT2D eigenvalue weighted by molar-refractivity contribution is 7.89. The predicted molar refractivity (Wildman–Crippen MR) is 99.1 cm³/mol. The summed E-state index contributed by atoms with van der Waals surface area (Å²) in [5.41, 5.74) is 0.811. The zero-order valence-electron chi connectivity index (χ0n) is 15.6. The first-order valence-corrected chi connectivity index (χ1v) is 10.3. The zero-order valence-corrected chi connectivity index (χ0v) is 16.4. The van der Waals surface area contributed by atoms with Crippen molar-refractivity contribution < 1.29 is 22.5 Å². The topological polar surface area (TPSA) is 102 Å². The Labute approximate surface area is 158 Å². The molecule has 1 amide bonds. The van der Waals surface area contributed by atoms with Crippen LogP contribution in [0.25, 0.3) is 0 Å². The van der Waals surface area contributed by atoms with Crippen molar-refractivity contribution in [3.05, 3.63) is 35.7 Å². The van der Waals surface area contributed by atoms with Crippen molar-refractivity contribution >= 4 is 21.6 Å². The van der Waals surface area contributed by atoms with E-state index in [0.717, 1.165) is 0 Å². The largest absolute Gasteiger partial charge is 0.492 e. The van der Waals surface area contributed by atoms with Crippen molar-refractivity contribution in [3.8, 4) is 5.75 Å². The molecular weight excluding hydrogens is 370 g/mol. The van der Waals surface area contributed by atoms with Gasteiger partial charge in [-0.1, -0.05) is 17.3 Å². The molecule has 0 bridgehead atoms. The van der Waals surface area contributed by atoms with Gasteiger partial charge in [-0.2, -0.15) is 4.31 Å². The Morgan fingerprint density at radius 2 is 2.11 bits per heavy atom. The summed E-state index contributed by atoms with van der Waals surface area (Å²) in [7, 11) is -3.88. The minimum absolute atomic E-state index is 0.0388. The third-order valence-corrected chi connectivity index (χ3v) is 6.64. The average Bonchev–Trinajstić information content (AvgIpc) is 3.24. The van der Waals surface area contributed by atoms with Gasteiger partial charge >= 0.3 is 0 Å². The van der Waals surface area contributed by atoms with Gasteiger partial charge in [0.2, 0.25) is 15.9 Å². The van der Waals surface area contributed by atoms with Crippen LogP contribution in [-0.2, 0) is 14.8 Å². The second kappa shape index (κ2) is 7.69. The van der Waals surface area contributed by atoms with Crippen LogP contribution in [0.5, 0.6) is 5.75 Å². The molecule has 0 radical (unpaired) electrons. The maximum absolute atomic E-state index is 13.1. The van der Waals surface area contributed by atoms with E-state index in [2.05, 4.69) is 10.5 Å². The number of para-hydroxylation sites is 2. The third kappa shape index (κ3) is 3.70. The maximum Gasteiger partial charge on any atom is 0.249 e. The number of amides is 1. The van der Waals surface area contributed by atoms with Crippen LogP contribution in [0.4, 0.5) is 5.69 Å². The summed E-state index contributed by atoms with van der Waals surface area (Å²) in [5, 5.41) is 6.53. The van der Waals surface area contributed by atoms with E-state index in [4.69, 9.17) is 9.26 Å². The molecule has 1 saturated heterocycles. The molecule has 1 aliphatic heterocycles. The fourth-order valence-corrected chi connectivity index (χ4v) is 5.27. The molecule has 1 atom stereocenters. The molecule has 2 heterocycles. The summed E-state index contributed by atoms with van der Waals surface area (Å²) in [6.45, 7) is 5.72. The molecule has 9 heteroatoms. The van der Waals surface area contributed by atoms with E-state index >= 15 is 0 Å². The highest BCUT2D eigenvalue weighted by atomic mass is 32.2. The van der Waals surface area contributed by atoms with E-state index in [1.807, 2.05) is 13.0 Å². The molecule has 1 aromatic carbocycles. The molecule has 0 saturated carbocycles. The highest BCUT2D eigenvalue weighted by Crippen LogP contribution is 2.31. The smallest absolute Gasteiger partial charge is 0.249 e. The van der Waals surface area contributed by atoms with E-state index in [0.29, 0.717) is 36.6 Å². The number of aryl methyl sites for hydroxylation is 2. The van der Waals surface area contributed by atoms with E-state index in [-0.39, 0.29) is 23.1 Å². The van der Waals surface area contributed by atoms with Gasteiger partial charge in [-0.25, -0.2) is 8.42 Å². The second-order valence-electron chi connectivity index (χ2n) is 6.35. The molecule has 0 spiro atoms. The lowest BCUT2D eigenvalue weighted by Crippen LogP contribution is -2.43. The standard InChI is InChI=1S/C18H23N3O5S/c1-4-25-16-10-6-5-8-14(16)19-18(22)15-9-7-11-21(15)27(23,24)17-12(2)20-26-13(17)3/h5-6,8,10,15H,4,7,9,11H2,1-3H3,(H,19,22). The molecule has 1 N–H and O–H groups in total. The lowest BCUT2D eigenvalue weighted by molar-refractivity contribution is -0.119. The molecule has 1 fully saturated rings. The van der Waals surface area contributed by atoms with Crippen LogP contribution in [0.15, 0.2) is 33.7 Å². The van der Waals surface area contributed by atoms with Gasteiger partial charge in [0.05, 0.1) is 12.3 Å². The lowest BCUT2D eigenvalue weighted by Gasteiger charge is -2.23.